The molecule has 1 unspecified atom stereocenters. The number of ether oxygens (including phenoxy) is 1. The summed E-state index contributed by atoms with van der Waals surface area (Å²) >= 11 is 1.31. The number of thioether (sulfide) groups is 1. The molecule has 0 saturated heterocycles. The third kappa shape index (κ3) is 3.00. The molecule has 0 fully saturated rings. The van der Waals surface area contributed by atoms with E-state index in [1.807, 2.05) is 46.9 Å². The van der Waals surface area contributed by atoms with E-state index in [9.17, 15) is 10.1 Å². The maximum Gasteiger partial charge on any atom is 0.263 e. The standard InChI is InChI=1S/C20H17N5O2S/c1-13(11-21)28-20-23-22-19-24(12-14-7-3-6-10-17(14)27-2)18(26)15-8-4-5-9-16(15)25(19)20/h3-10,13H,12H2,1-2H3. The second-order valence-electron chi connectivity index (χ2n) is 6.23. The maximum absolute atomic E-state index is 13.2. The second-order valence-corrected chi connectivity index (χ2v) is 7.54. The van der Waals surface area contributed by atoms with Gasteiger partial charge in [-0.3, -0.25) is 13.8 Å². The van der Waals surface area contributed by atoms with Crippen LogP contribution in [0.3, 0.4) is 0 Å². The summed E-state index contributed by atoms with van der Waals surface area (Å²) in [5.41, 5.74) is 1.44. The lowest BCUT2D eigenvalue weighted by Gasteiger charge is -2.13. The van der Waals surface area contributed by atoms with Gasteiger partial charge in [0.05, 0.1) is 35.9 Å². The Kier molecular flexibility index (Phi) is 4.75. The first-order valence-electron chi connectivity index (χ1n) is 8.69. The molecule has 0 aliphatic heterocycles. The number of nitrogens with zero attached hydrogens (tertiary/aromatic N) is 5. The Bertz CT molecular complexity index is 1270. The van der Waals surface area contributed by atoms with E-state index in [0.29, 0.717) is 28.6 Å². The third-order valence-corrected chi connectivity index (χ3v) is 5.40. The first-order valence-corrected chi connectivity index (χ1v) is 9.57. The van der Waals surface area contributed by atoms with E-state index in [4.69, 9.17) is 4.74 Å². The summed E-state index contributed by atoms with van der Waals surface area (Å²) < 4.78 is 8.86. The van der Waals surface area contributed by atoms with Crippen molar-refractivity contribution in [1.82, 2.24) is 19.2 Å². The van der Waals surface area contributed by atoms with Crippen LogP contribution in [0.2, 0.25) is 0 Å². The summed E-state index contributed by atoms with van der Waals surface area (Å²) in [4.78, 5) is 13.2. The summed E-state index contributed by atoms with van der Waals surface area (Å²) in [5.74, 6) is 1.13. The fourth-order valence-corrected chi connectivity index (χ4v) is 3.88. The zero-order chi connectivity index (χ0) is 19.7. The van der Waals surface area contributed by atoms with E-state index in [2.05, 4.69) is 16.3 Å². The number of fused-ring (bicyclic) bond motifs is 3. The molecule has 0 N–H and O–H groups in total. The lowest BCUT2D eigenvalue weighted by Crippen LogP contribution is -2.24. The molecule has 1 atom stereocenters. The summed E-state index contributed by atoms with van der Waals surface area (Å²) in [6.07, 6.45) is 0. The average Bonchev–Trinajstić information content (AvgIpc) is 3.14. The first-order chi connectivity index (χ1) is 13.6. The fourth-order valence-electron chi connectivity index (χ4n) is 3.14. The minimum absolute atomic E-state index is 0.147. The molecular weight excluding hydrogens is 374 g/mol. The molecule has 7 nitrogen and oxygen atoms in total. The Hall–Kier alpha value is -3.31. The van der Waals surface area contributed by atoms with E-state index < -0.39 is 0 Å². The largest absolute Gasteiger partial charge is 0.496 e. The minimum atomic E-state index is -0.291. The van der Waals surface area contributed by atoms with E-state index in [-0.39, 0.29) is 10.8 Å². The molecule has 140 valence electrons. The highest BCUT2D eigenvalue weighted by molar-refractivity contribution is 8.00. The molecule has 0 spiro atoms. The molecule has 0 aliphatic carbocycles. The van der Waals surface area contributed by atoms with Gasteiger partial charge in [0.2, 0.25) is 5.78 Å². The molecule has 0 bridgehead atoms. The third-order valence-electron chi connectivity index (χ3n) is 4.46. The smallest absolute Gasteiger partial charge is 0.263 e. The Morgan fingerprint density at radius 1 is 1.18 bits per heavy atom. The number of para-hydroxylation sites is 2. The van der Waals surface area contributed by atoms with Crippen LogP contribution >= 0.6 is 11.8 Å². The van der Waals surface area contributed by atoms with Crippen molar-refractivity contribution in [2.24, 2.45) is 0 Å². The number of nitriles is 1. The predicted octanol–water partition coefficient (Wildman–Crippen LogP) is 3.11. The van der Waals surface area contributed by atoms with Gasteiger partial charge in [0, 0.05) is 5.56 Å². The van der Waals surface area contributed by atoms with E-state index in [1.165, 1.54) is 11.8 Å². The van der Waals surface area contributed by atoms with Crippen molar-refractivity contribution in [2.45, 2.75) is 23.9 Å². The molecular formula is C20H17N5O2S. The molecule has 4 aromatic rings. The van der Waals surface area contributed by atoms with Crippen LogP contribution in [0.1, 0.15) is 12.5 Å². The van der Waals surface area contributed by atoms with Crippen molar-refractivity contribution in [3.05, 3.63) is 64.4 Å². The maximum atomic E-state index is 13.2. The van der Waals surface area contributed by atoms with Crippen molar-refractivity contribution >= 4 is 28.4 Å². The summed E-state index contributed by atoms with van der Waals surface area (Å²) in [5, 5.41) is 18.6. The molecule has 0 aliphatic rings. The number of rotatable bonds is 5. The molecule has 8 heteroatoms. The Labute approximate surface area is 165 Å². The number of methoxy groups -OCH3 is 1. The zero-order valence-electron chi connectivity index (χ0n) is 15.4. The van der Waals surface area contributed by atoms with Crippen molar-refractivity contribution < 1.29 is 4.74 Å². The van der Waals surface area contributed by atoms with Crippen LogP contribution in [0.15, 0.2) is 58.5 Å². The van der Waals surface area contributed by atoms with Gasteiger partial charge in [-0.25, -0.2) is 0 Å². The molecule has 2 aromatic heterocycles. The second kappa shape index (κ2) is 7.37. The van der Waals surface area contributed by atoms with Gasteiger partial charge in [0.25, 0.3) is 5.56 Å². The van der Waals surface area contributed by atoms with Crippen molar-refractivity contribution in [1.29, 1.82) is 5.26 Å². The number of hydrogen-bond donors (Lipinski definition) is 0. The van der Waals surface area contributed by atoms with E-state index in [1.54, 1.807) is 24.7 Å². The van der Waals surface area contributed by atoms with Crippen LogP contribution < -0.4 is 10.3 Å². The highest BCUT2D eigenvalue weighted by Crippen LogP contribution is 2.25. The van der Waals surface area contributed by atoms with Gasteiger partial charge in [-0.15, -0.1) is 10.2 Å². The van der Waals surface area contributed by atoms with Gasteiger partial charge in [0.1, 0.15) is 5.75 Å². The fraction of sp³-hybridized carbons (Fsp3) is 0.200. The zero-order valence-corrected chi connectivity index (χ0v) is 16.2. The predicted molar refractivity (Wildman–Crippen MR) is 108 cm³/mol. The van der Waals surface area contributed by atoms with Gasteiger partial charge in [-0.2, -0.15) is 5.26 Å². The normalized spacial score (nSPS) is 12.2. The van der Waals surface area contributed by atoms with Crippen LogP contribution in [0.25, 0.3) is 16.7 Å². The van der Waals surface area contributed by atoms with Gasteiger partial charge >= 0.3 is 0 Å². The van der Waals surface area contributed by atoms with Crippen LogP contribution in [-0.2, 0) is 6.54 Å². The number of benzene rings is 2. The lowest BCUT2D eigenvalue weighted by molar-refractivity contribution is 0.408. The molecule has 4 rings (SSSR count). The van der Waals surface area contributed by atoms with Crippen LogP contribution in [0.5, 0.6) is 5.75 Å². The van der Waals surface area contributed by atoms with E-state index in [0.717, 1.165) is 11.1 Å². The van der Waals surface area contributed by atoms with Gasteiger partial charge in [-0.05, 0) is 25.1 Å². The van der Waals surface area contributed by atoms with Gasteiger partial charge in [0.15, 0.2) is 5.16 Å². The van der Waals surface area contributed by atoms with Crippen LogP contribution in [0, 0.1) is 11.3 Å². The van der Waals surface area contributed by atoms with E-state index >= 15 is 0 Å². The highest BCUT2D eigenvalue weighted by Gasteiger charge is 2.19. The Morgan fingerprint density at radius 3 is 2.71 bits per heavy atom. The molecule has 0 radical (unpaired) electrons. The highest BCUT2D eigenvalue weighted by atomic mass is 32.2. The molecule has 2 aromatic carbocycles. The summed E-state index contributed by atoms with van der Waals surface area (Å²) in [7, 11) is 1.60. The molecule has 2 heterocycles. The number of aromatic nitrogens is 4. The van der Waals surface area contributed by atoms with Crippen molar-refractivity contribution in [3.8, 4) is 11.8 Å². The van der Waals surface area contributed by atoms with Crippen molar-refractivity contribution in [3.63, 3.8) is 0 Å². The van der Waals surface area contributed by atoms with Crippen molar-refractivity contribution in [2.75, 3.05) is 7.11 Å². The summed E-state index contributed by atoms with van der Waals surface area (Å²) in [6, 6.07) is 17.1. The lowest BCUT2D eigenvalue weighted by atomic mass is 10.2. The first kappa shape index (κ1) is 18.1. The number of hydrogen-bond acceptors (Lipinski definition) is 6. The molecule has 28 heavy (non-hydrogen) atoms. The van der Waals surface area contributed by atoms with Crippen LogP contribution in [-0.4, -0.2) is 31.5 Å². The Morgan fingerprint density at radius 2 is 1.93 bits per heavy atom. The summed E-state index contributed by atoms with van der Waals surface area (Å²) in [6.45, 7) is 2.10. The van der Waals surface area contributed by atoms with Crippen LogP contribution in [0.4, 0.5) is 0 Å². The monoisotopic (exact) mass is 391 g/mol. The van der Waals surface area contributed by atoms with Gasteiger partial charge in [-0.1, -0.05) is 42.1 Å². The quantitative estimate of drug-likeness (QED) is 0.486. The average molecular weight is 391 g/mol. The molecule has 0 saturated carbocycles. The molecule has 0 amide bonds. The Balaban J connectivity index is 1.99. The minimum Gasteiger partial charge on any atom is -0.496 e. The topological polar surface area (TPSA) is 85.2 Å². The van der Waals surface area contributed by atoms with Gasteiger partial charge < -0.3 is 4.74 Å². The SMILES string of the molecule is COc1ccccc1Cn1c(=O)c2ccccc2n2c(SC(C)C#N)nnc12.